The van der Waals surface area contributed by atoms with Crippen LogP contribution in [-0.2, 0) is 9.53 Å². The molecule has 0 unspecified atom stereocenters. The number of benzene rings is 1. The van der Waals surface area contributed by atoms with E-state index in [1.54, 1.807) is 0 Å². The summed E-state index contributed by atoms with van der Waals surface area (Å²) in [6.45, 7) is 7.66. The standard InChI is InChI=1S/C23H29FN4O2/c1-16-14-20(25-23(29)17(2)18-6-4-3-5-7-18)22(28-9-8-19(24)15-28)26-21(16)27-10-12-30-13-11-27/h3-7,14,17,19H,8-13,15H2,1-2H3,(H,25,29)/t17-,19+/m0/s1. The smallest absolute Gasteiger partial charge is 0.231 e. The van der Waals surface area contributed by atoms with Crippen molar-refractivity contribution in [3.63, 3.8) is 0 Å². The lowest BCUT2D eigenvalue weighted by molar-refractivity contribution is -0.117. The highest BCUT2D eigenvalue weighted by atomic mass is 19.1. The van der Waals surface area contributed by atoms with Crippen molar-refractivity contribution in [3.8, 4) is 0 Å². The fourth-order valence-electron chi connectivity index (χ4n) is 4.07. The summed E-state index contributed by atoms with van der Waals surface area (Å²) in [5, 5.41) is 3.06. The quantitative estimate of drug-likeness (QED) is 0.814. The van der Waals surface area contributed by atoms with Gasteiger partial charge in [-0.25, -0.2) is 9.37 Å². The number of rotatable bonds is 5. The van der Waals surface area contributed by atoms with Gasteiger partial charge in [-0.2, -0.15) is 0 Å². The molecule has 2 aromatic rings. The van der Waals surface area contributed by atoms with E-state index in [0.717, 1.165) is 30.0 Å². The van der Waals surface area contributed by atoms with E-state index in [-0.39, 0.29) is 11.8 Å². The van der Waals surface area contributed by atoms with Crippen LogP contribution in [0.15, 0.2) is 36.4 Å². The van der Waals surface area contributed by atoms with Crippen LogP contribution >= 0.6 is 0 Å². The van der Waals surface area contributed by atoms with E-state index in [4.69, 9.17) is 9.72 Å². The molecule has 1 N–H and O–H groups in total. The molecule has 1 aromatic heterocycles. The van der Waals surface area contributed by atoms with Crippen molar-refractivity contribution in [3.05, 3.63) is 47.5 Å². The molecule has 0 saturated carbocycles. The lowest BCUT2D eigenvalue weighted by Gasteiger charge is -2.31. The zero-order valence-corrected chi connectivity index (χ0v) is 17.6. The number of nitrogens with one attached hydrogen (secondary N) is 1. The third-order valence-electron chi connectivity index (χ3n) is 5.86. The van der Waals surface area contributed by atoms with Crippen LogP contribution in [0.4, 0.5) is 21.7 Å². The largest absolute Gasteiger partial charge is 0.378 e. The lowest BCUT2D eigenvalue weighted by Crippen LogP contribution is -2.37. The Bertz CT molecular complexity index is 886. The van der Waals surface area contributed by atoms with Crippen molar-refractivity contribution in [2.45, 2.75) is 32.4 Å². The van der Waals surface area contributed by atoms with Gasteiger partial charge in [0.25, 0.3) is 0 Å². The molecule has 0 spiro atoms. The molecule has 30 heavy (non-hydrogen) atoms. The Morgan fingerprint density at radius 2 is 1.90 bits per heavy atom. The lowest BCUT2D eigenvalue weighted by atomic mass is 10.0. The Kier molecular flexibility index (Phi) is 6.18. The minimum atomic E-state index is -0.869. The molecule has 6 nitrogen and oxygen atoms in total. The van der Waals surface area contributed by atoms with Crippen LogP contribution in [0.1, 0.15) is 30.4 Å². The Morgan fingerprint density at radius 3 is 2.57 bits per heavy atom. The van der Waals surface area contributed by atoms with Gasteiger partial charge in [-0.05, 0) is 37.5 Å². The van der Waals surface area contributed by atoms with Crippen LogP contribution in [0.2, 0.25) is 0 Å². The van der Waals surface area contributed by atoms with E-state index in [1.165, 1.54) is 0 Å². The average Bonchev–Trinajstić information content (AvgIpc) is 3.20. The maximum atomic E-state index is 14.0. The second-order valence-electron chi connectivity index (χ2n) is 8.05. The monoisotopic (exact) mass is 412 g/mol. The first-order valence-corrected chi connectivity index (χ1v) is 10.6. The molecule has 7 heteroatoms. The molecule has 0 radical (unpaired) electrons. The molecule has 2 atom stereocenters. The molecule has 2 aliphatic heterocycles. The summed E-state index contributed by atoms with van der Waals surface area (Å²) in [7, 11) is 0. The summed E-state index contributed by atoms with van der Waals surface area (Å²) in [6, 6.07) is 11.7. The number of hydrogen-bond donors (Lipinski definition) is 1. The van der Waals surface area contributed by atoms with Crippen LogP contribution in [0.5, 0.6) is 0 Å². The Hall–Kier alpha value is -2.67. The maximum absolute atomic E-state index is 14.0. The minimum Gasteiger partial charge on any atom is -0.378 e. The molecular weight excluding hydrogens is 383 g/mol. The fourth-order valence-corrected chi connectivity index (χ4v) is 4.07. The van der Waals surface area contributed by atoms with Crippen molar-refractivity contribution in [1.29, 1.82) is 0 Å². The first-order chi connectivity index (χ1) is 14.5. The van der Waals surface area contributed by atoms with Gasteiger partial charge in [-0.1, -0.05) is 30.3 Å². The van der Waals surface area contributed by atoms with Crippen LogP contribution in [0.3, 0.4) is 0 Å². The number of carbonyl (C=O) groups excluding carboxylic acids is 1. The van der Waals surface area contributed by atoms with Gasteiger partial charge in [0.2, 0.25) is 5.91 Å². The Morgan fingerprint density at radius 1 is 1.17 bits per heavy atom. The number of nitrogens with zero attached hydrogens (tertiary/aromatic N) is 3. The van der Waals surface area contributed by atoms with E-state index in [0.29, 0.717) is 44.2 Å². The fraction of sp³-hybridized carbons (Fsp3) is 0.478. The second kappa shape index (κ2) is 9.00. The summed E-state index contributed by atoms with van der Waals surface area (Å²) in [6.07, 6.45) is -0.386. The highest BCUT2D eigenvalue weighted by Gasteiger charge is 2.28. The van der Waals surface area contributed by atoms with Gasteiger partial charge in [0.1, 0.15) is 12.0 Å². The summed E-state index contributed by atoms with van der Waals surface area (Å²) in [5.41, 5.74) is 2.59. The molecule has 1 amide bonds. The number of alkyl halides is 1. The minimum absolute atomic E-state index is 0.0984. The highest BCUT2D eigenvalue weighted by Crippen LogP contribution is 2.34. The van der Waals surface area contributed by atoms with Gasteiger partial charge in [-0.3, -0.25) is 4.79 Å². The Labute approximate surface area is 177 Å². The van der Waals surface area contributed by atoms with Gasteiger partial charge in [0.05, 0.1) is 31.4 Å². The number of amides is 1. The molecule has 1 aromatic carbocycles. The molecule has 2 fully saturated rings. The normalized spacial score (nSPS) is 20.3. The summed E-state index contributed by atoms with van der Waals surface area (Å²) < 4.78 is 19.4. The number of aromatic nitrogens is 1. The summed E-state index contributed by atoms with van der Waals surface area (Å²) in [5.74, 6) is 1.13. The van der Waals surface area contributed by atoms with Crippen molar-refractivity contribution >= 4 is 23.2 Å². The van der Waals surface area contributed by atoms with E-state index >= 15 is 0 Å². The first kappa shape index (κ1) is 20.6. The summed E-state index contributed by atoms with van der Waals surface area (Å²) in [4.78, 5) is 22.0. The number of carbonyl (C=O) groups is 1. The Balaban J connectivity index is 1.63. The number of morpholine rings is 1. The van der Waals surface area contributed by atoms with Gasteiger partial charge in [0, 0.05) is 19.6 Å². The predicted octanol–water partition coefficient (Wildman–Crippen LogP) is 3.52. The van der Waals surface area contributed by atoms with E-state index < -0.39 is 6.17 Å². The topological polar surface area (TPSA) is 57.7 Å². The van der Waals surface area contributed by atoms with Crippen LogP contribution in [0, 0.1) is 6.92 Å². The third-order valence-corrected chi connectivity index (χ3v) is 5.86. The first-order valence-electron chi connectivity index (χ1n) is 10.6. The second-order valence-corrected chi connectivity index (χ2v) is 8.05. The van der Waals surface area contributed by atoms with Crippen LogP contribution in [-0.4, -0.2) is 56.5 Å². The number of aryl methyl sites for hydroxylation is 1. The van der Waals surface area contributed by atoms with E-state index in [1.807, 2.05) is 55.1 Å². The molecule has 2 saturated heterocycles. The molecule has 0 aliphatic carbocycles. The summed E-state index contributed by atoms with van der Waals surface area (Å²) >= 11 is 0. The SMILES string of the molecule is Cc1cc(NC(=O)[C@@H](C)c2ccccc2)c(N2CC[C@@H](F)C2)nc1N1CCOCC1. The van der Waals surface area contributed by atoms with E-state index in [9.17, 15) is 9.18 Å². The zero-order chi connectivity index (χ0) is 21.1. The van der Waals surface area contributed by atoms with Crippen molar-refractivity contribution in [2.24, 2.45) is 0 Å². The predicted molar refractivity (Wildman–Crippen MR) is 117 cm³/mol. The average molecular weight is 413 g/mol. The number of pyridine rings is 1. The molecular formula is C23H29FN4O2. The van der Waals surface area contributed by atoms with Gasteiger partial charge in [-0.15, -0.1) is 0 Å². The van der Waals surface area contributed by atoms with Crippen LogP contribution < -0.4 is 15.1 Å². The van der Waals surface area contributed by atoms with Crippen molar-refractivity contribution in [1.82, 2.24) is 4.98 Å². The van der Waals surface area contributed by atoms with Gasteiger partial charge >= 0.3 is 0 Å². The molecule has 160 valence electrons. The third kappa shape index (κ3) is 4.41. The van der Waals surface area contributed by atoms with E-state index in [2.05, 4.69) is 10.2 Å². The van der Waals surface area contributed by atoms with Crippen molar-refractivity contribution in [2.75, 3.05) is 54.5 Å². The van der Waals surface area contributed by atoms with Gasteiger partial charge < -0.3 is 19.9 Å². The molecule has 0 bridgehead atoms. The molecule has 3 heterocycles. The van der Waals surface area contributed by atoms with Gasteiger partial charge in [0.15, 0.2) is 5.82 Å². The van der Waals surface area contributed by atoms with Crippen LogP contribution in [0.25, 0.3) is 0 Å². The number of hydrogen-bond acceptors (Lipinski definition) is 5. The number of halogens is 1. The molecule has 4 rings (SSSR count). The zero-order valence-electron chi connectivity index (χ0n) is 17.6. The number of anilines is 3. The maximum Gasteiger partial charge on any atom is 0.231 e. The number of ether oxygens (including phenoxy) is 1. The highest BCUT2D eigenvalue weighted by molar-refractivity contribution is 5.98. The molecule has 2 aliphatic rings. The van der Waals surface area contributed by atoms with Crippen molar-refractivity contribution < 1.29 is 13.9 Å².